The molecule has 0 N–H and O–H groups in total. The summed E-state index contributed by atoms with van der Waals surface area (Å²) >= 11 is 1.48. The van der Waals surface area contributed by atoms with Gasteiger partial charge in [0, 0.05) is 12.3 Å². The first kappa shape index (κ1) is 22.6. The molecule has 0 atom stereocenters. The lowest BCUT2D eigenvalue weighted by molar-refractivity contribution is -0.682. The molecule has 0 aliphatic carbocycles. The van der Waals surface area contributed by atoms with E-state index < -0.39 is 0 Å². The van der Waals surface area contributed by atoms with Crippen molar-refractivity contribution in [2.24, 2.45) is 0 Å². The summed E-state index contributed by atoms with van der Waals surface area (Å²) < 4.78 is 3.94. The Kier molecular flexibility index (Phi) is 7.13. The number of nitrogens with zero attached hydrogens (tertiary/aromatic N) is 3. The summed E-state index contributed by atoms with van der Waals surface area (Å²) in [5.41, 5.74) is 5.64. The van der Waals surface area contributed by atoms with E-state index in [0.717, 1.165) is 16.1 Å². The summed E-state index contributed by atoms with van der Waals surface area (Å²) in [5.74, 6) is 0.119. The van der Waals surface area contributed by atoms with Crippen LogP contribution in [0.2, 0.25) is 0 Å². The molecule has 0 amide bonds. The van der Waals surface area contributed by atoms with Crippen molar-refractivity contribution in [1.82, 2.24) is 9.78 Å². The normalized spacial score (nSPS) is 10.5. The van der Waals surface area contributed by atoms with E-state index in [2.05, 4.69) is 59.7 Å². The van der Waals surface area contributed by atoms with Crippen LogP contribution in [0.3, 0.4) is 0 Å². The summed E-state index contributed by atoms with van der Waals surface area (Å²) in [4.78, 5) is 13.3. The largest absolute Gasteiger partial charge is 1.00 e. The Morgan fingerprint density at radius 1 is 0.879 bits per heavy atom. The lowest BCUT2D eigenvalue weighted by atomic mass is 10.0. The Bertz CT molecular complexity index is 1350. The molecule has 6 heteroatoms. The SMILES string of the molecule is O=C(C[n+]1cccc(-c2ccnn2Cc2cccc(-c3ccccc3)c2)c1)c1cccs1.[Cl-]. The first-order valence-corrected chi connectivity index (χ1v) is 11.4. The second-order valence-corrected chi connectivity index (χ2v) is 8.55. The van der Waals surface area contributed by atoms with Gasteiger partial charge in [-0.05, 0) is 46.3 Å². The molecule has 0 saturated heterocycles. The molecule has 0 spiro atoms. The first-order valence-electron chi connectivity index (χ1n) is 10.5. The van der Waals surface area contributed by atoms with E-state index in [4.69, 9.17) is 0 Å². The van der Waals surface area contributed by atoms with Crippen molar-refractivity contribution in [3.05, 3.63) is 119 Å². The zero-order valence-corrected chi connectivity index (χ0v) is 19.4. The van der Waals surface area contributed by atoms with Crippen molar-refractivity contribution in [3.63, 3.8) is 0 Å². The van der Waals surface area contributed by atoms with E-state index in [1.165, 1.54) is 28.0 Å². The maximum Gasteiger partial charge on any atom is 0.237 e. The van der Waals surface area contributed by atoms with Crippen molar-refractivity contribution in [1.29, 1.82) is 0 Å². The highest BCUT2D eigenvalue weighted by Crippen LogP contribution is 2.22. The van der Waals surface area contributed by atoms with E-state index in [9.17, 15) is 4.79 Å². The minimum Gasteiger partial charge on any atom is -1.00 e. The molecule has 0 saturated carbocycles. The molecule has 33 heavy (non-hydrogen) atoms. The van der Waals surface area contributed by atoms with Crippen LogP contribution in [0.15, 0.2) is 109 Å². The van der Waals surface area contributed by atoms with Crippen LogP contribution in [0.5, 0.6) is 0 Å². The lowest BCUT2D eigenvalue weighted by Gasteiger charge is -2.09. The van der Waals surface area contributed by atoms with Crippen LogP contribution in [0.25, 0.3) is 22.4 Å². The standard InChI is InChI=1S/C27H22N3OS.ClH/c31-26(27-12-6-16-32-27)20-29-15-5-11-24(19-29)25-13-14-28-30(25)18-21-7-4-10-23(17-21)22-8-2-1-3-9-22;/h1-17,19H,18,20H2;1H/q+1;/p-1. The molecule has 0 aliphatic rings. The summed E-state index contributed by atoms with van der Waals surface area (Å²) in [6, 6.07) is 28.8. The quantitative estimate of drug-likeness (QED) is 0.270. The van der Waals surface area contributed by atoms with Gasteiger partial charge in [0.05, 0.1) is 22.7 Å². The molecule has 2 aromatic carbocycles. The molecule has 0 fully saturated rings. The Labute approximate surface area is 203 Å². The van der Waals surface area contributed by atoms with Gasteiger partial charge in [-0.25, -0.2) is 0 Å². The van der Waals surface area contributed by atoms with E-state index in [1.54, 1.807) is 0 Å². The van der Waals surface area contributed by atoms with Gasteiger partial charge in [-0.3, -0.25) is 9.48 Å². The Morgan fingerprint density at radius 3 is 2.52 bits per heavy atom. The van der Waals surface area contributed by atoms with Crippen molar-refractivity contribution in [2.75, 3.05) is 0 Å². The lowest BCUT2D eigenvalue weighted by Crippen LogP contribution is -3.00. The Morgan fingerprint density at radius 2 is 1.70 bits per heavy atom. The molecular formula is C27H22ClN3OS. The van der Waals surface area contributed by atoms with Gasteiger partial charge in [0.25, 0.3) is 0 Å². The van der Waals surface area contributed by atoms with Gasteiger partial charge in [-0.15, -0.1) is 11.3 Å². The number of rotatable bonds is 7. The summed E-state index contributed by atoms with van der Waals surface area (Å²) in [7, 11) is 0. The molecule has 164 valence electrons. The molecule has 5 aromatic rings. The smallest absolute Gasteiger partial charge is 0.237 e. The Hall–Kier alpha value is -3.54. The number of pyridine rings is 1. The van der Waals surface area contributed by atoms with Crippen molar-refractivity contribution >= 4 is 17.1 Å². The summed E-state index contributed by atoms with van der Waals surface area (Å²) in [6.45, 7) is 0.994. The molecule has 3 heterocycles. The van der Waals surface area contributed by atoms with Crippen LogP contribution in [0, 0.1) is 0 Å². The molecular weight excluding hydrogens is 450 g/mol. The third-order valence-electron chi connectivity index (χ3n) is 5.36. The van der Waals surface area contributed by atoms with Gasteiger partial charge in [-0.2, -0.15) is 9.67 Å². The summed E-state index contributed by atoms with van der Waals surface area (Å²) in [6.07, 6.45) is 5.77. The number of ketones is 1. The van der Waals surface area contributed by atoms with Crippen LogP contribution in [0.4, 0.5) is 0 Å². The number of hydrogen-bond donors (Lipinski definition) is 0. The monoisotopic (exact) mass is 471 g/mol. The number of halogens is 1. The zero-order valence-electron chi connectivity index (χ0n) is 17.8. The predicted molar refractivity (Wildman–Crippen MR) is 127 cm³/mol. The third-order valence-corrected chi connectivity index (χ3v) is 6.27. The van der Waals surface area contributed by atoms with Gasteiger partial charge >= 0.3 is 0 Å². The number of thiophene rings is 1. The highest BCUT2D eigenvalue weighted by Gasteiger charge is 2.15. The highest BCUT2D eigenvalue weighted by molar-refractivity contribution is 7.12. The van der Waals surface area contributed by atoms with E-state index in [-0.39, 0.29) is 18.2 Å². The second kappa shape index (κ2) is 10.4. The second-order valence-electron chi connectivity index (χ2n) is 7.61. The third kappa shape index (κ3) is 5.28. The topological polar surface area (TPSA) is 38.8 Å². The van der Waals surface area contributed by atoms with Crippen molar-refractivity contribution in [2.45, 2.75) is 13.1 Å². The Balaban J connectivity index is 0.00000259. The van der Waals surface area contributed by atoms with Gasteiger partial charge in [0.15, 0.2) is 12.4 Å². The van der Waals surface area contributed by atoms with E-state index >= 15 is 0 Å². The maximum atomic E-state index is 12.5. The minimum absolute atomic E-state index is 0. The molecule has 4 nitrogen and oxygen atoms in total. The van der Waals surface area contributed by atoms with Gasteiger partial charge in [-0.1, -0.05) is 54.6 Å². The van der Waals surface area contributed by atoms with Crippen LogP contribution in [0.1, 0.15) is 15.2 Å². The number of aromatic nitrogens is 3. The molecule has 5 rings (SSSR count). The predicted octanol–water partition coefficient (Wildman–Crippen LogP) is 2.50. The number of hydrogen-bond acceptors (Lipinski definition) is 3. The van der Waals surface area contributed by atoms with Gasteiger partial charge in [0.2, 0.25) is 12.3 Å². The average Bonchev–Trinajstić information content (AvgIpc) is 3.53. The van der Waals surface area contributed by atoms with Crippen LogP contribution < -0.4 is 17.0 Å². The van der Waals surface area contributed by atoms with Crippen LogP contribution in [-0.4, -0.2) is 15.6 Å². The van der Waals surface area contributed by atoms with Gasteiger partial charge < -0.3 is 12.4 Å². The maximum absolute atomic E-state index is 12.5. The molecule has 0 bridgehead atoms. The van der Waals surface area contributed by atoms with Crippen LogP contribution in [-0.2, 0) is 13.1 Å². The van der Waals surface area contributed by atoms with Crippen molar-refractivity contribution < 1.29 is 21.8 Å². The summed E-state index contributed by atoms with van der Waals surface area (Å²) in [5, 5.41) is 6.49. The first-order chi connectivity index (χ1) is 15.8. The van der Waals surface area contributed by atoms with E-state index in [0.29, 0.717) is 13.1 Å². The van der Waals surface area contributed by atoms with Gasteiger partial charge in [0.1, 0.15) is 0 Å². The average molecular weight is 472 g/mol. The molecule has 3 aromatic heterocycles. The number of Topliss-reactive ketones (excluding diaryl/α,β-unsaturated/α-hetero) is 1. The fourth-order valence-electron chi connectivity index (χ4n) is 3.81. The molecule has 0 aliphatic heterocycles. The van der Waals surface area contributed by atoms with Crippen LogP contribution >= 0.6 is 11.3 Å². The minimum atomic E-state index is 0. The fraction of sp³-hybridized carbons (Fsp3) is 0.0741. The highest BCUT2D eigenvalue weighted by atomic mass is 35.5. The fourth-order valence-corrected chi connectivity index (χ4v) is 4.47. The molecule has 0 unspecified atom stereocenters. The number of carbonyl (C=O) groups is 1. The zero-order chi connectivity index (χ0) is 21.8. The van der Waals surface area contributed by atoms with Crippen molar-refractivity contribution in [3.8, 4) is 22.4 Å². The molecule has 0 radical (unpaired) electrons. The number of benzene rings is 2. The number of carbonyl (C=O) groups excluding carboxylic acids is 1. The van der Waals surface area contributed by atoms with E-state index in [1.807, 2.05) is 63.6 Å².